The summed E-state index contributed by atoms with van der Waals surface area (Å²) in [5.74, 6) is 0.544. The summed E-state index contributed by atoms with van der Waals surface area (Å²) in [7, 11) is 2.92. The standard InChI is InChI=1S/C21H20F2N8O3/c1-32-14-5-3-4-13-16(14)26-19(17(22)23)31(13)21-28-18(12-10-24-11-15(25-12)33-2)27-20(29-21)30-6-8-34-9-7-30/h3-5,10-11,17H,6-9H2,1-2H3. The van der Waals surface area contributed by atoms with Crippen molar-refractivity contribution in [3.63, 3.8) is 0 Å². The van der Waals surface area contributed by atoms with E-state index in [9.17, 15) is 8.78 Å². The lowest BCUT2D eigenvalue weighted by Crippen LogP contribution is -2.37. The number of morpholine rings is 1. The highest BCUT2D eigenvalue weighted by Crippen LogP contribution is 2.32. The zero-order chi connectivity index (χ0) is 23.7. The monoisotopic (exact) mass is 470 g/mol. The van der Waals surface area contributed by atoms with Crippen molar-refractivity contribution in [1.82, 2.24) is 34.5 Å². The molecule has 0 N–H and O–H groups in total. The van der Waals surface area contributed by atoms with Crippen molar-refractivity contribution in [1.29, 1.82) is 0 Å². The summed E-state index contributed by atoms with van der Waals surface area (Å²) in [6.45, 7) is 2.05. The smallest absolute Gasteiger partial charge is 0.296 e. The molecule has 34 heavy (non-hydrogen) atoms. The minimum absolute atomic E-state index is 0.0258. The summed E-state index contributed by atoms with van der Waals surface area (Å²) in [4.78, 5) is 28.0. The number of nitrogens with zero attached hydrogens (tertiary/aromatic N) is 8. The van der Waals surface area contributed by atoms with Gasteiger partial charge in [-0.2, -0.15) is 15.0 Å². The maximum Gasteiger partial charge on any atom is 0.296 e. The van der Waals surface area contributed by atoms with Crippen molar-refractivity contribution in [3.05, 3.63) is 36.4 Å². The molecule has 1 aliphatic rings. The van der Waals surface area contributed by atoms with Crippen LogP contribution in [0.1, 0.15) is 12.2 Å². The van der Waals surface area contributed by atoms with E-state index in [-0.39, 0.29) is 23.2 Å². The molecule has 0 bridgehead atoms. The van der Waals surface area contributed by atoms with E-state index in [2.05, 4.69) is 29.9 Å². The van der Waals surface area contributed by atoms with Gasteiger partial charge in [0, 0.05) is 13.1 Å². The Morgan fingerprint density at radius 3 is 2.47 bits per heavy atom. The molecule has 1 aromatic carbocycles. The predicted molar refractivity (Wildman–Crippen MR) is 117 cm³/mol. The van der Waals surface area contributed by atoms with Gasteiger partial charge in [-0.05, 0) is 12.1 Å². The van der Waals surface area contributed by atoms with Crippen molar-refractivity contribution < 1.29 is 23.0 Å². The minimum atomic E-state index is -2.89. The van der Waals surface area contributed by atoms with Gasteiger partial charge in [0.2, 0.25) is 17.8 Å². The average molecular weight is 470 g/mol. The van der Waals surface area contributed by atoms with Crippen LogP contribution in [0.4, 0.5) is 14.7 Å². The van der Waals surface area contributed by atoms with Crippen molar-refractivity contribution in [3.8, 4) is 29.1 Å². The summed E-state index contributed by atoms with van der Waals surface area (Å²) in [6.07, 6.45) is 0.0214. The lowest BCUT2D eigenvalue weighted by atomic mass is 10.3. The fourth-order valence-corrected chi connectivity index (χ4v) is 3.64. The zero-order valence-electron chi connectivity index (χ0n) is 18.4. The quantitative estimate of drug-likeness (QED) is 0.416. The maximum atomic E-state index is 14.1. The molecular weight excluding hydrogens is 450 g/mol. The van der Waals surface area contributed by atoms with Crippen LogP contribution in [-0.4, -0.2) is 75.0 Å². The molecule has 4 heterocycles. The molecular formula is C21H20F2N8O3. The number of para-hydroxylation sites is 1. The van der Waals surface area contributed by atoms with Gasteiger partial charge >= 0.3 is 0 Å². The van der Waals surface area contributed by atoms with Gasteiger partial charge in [-0.25, -0.2) is 18.7 Å². The van der Waals surface area contributed by atoms with Gasteiger partial charge in [-0.15, -0.1) is 0 Å². The van der Waals surface area contributed by atoms with Crippen LogP contribution in [0, 0.1) is 0 Å². The zero-order valence-corrected chi connectivity index (χ0v) is 18.4. The number of alkyl halides is 2. The molecule has 1 fully saturated rings. The number of aromatic nitrogens is 7. The molecule has 0 aliphatic carbocycles. The molecule has 1 aliphatic heterocycles. The van der Waals surface area contributed by atoms with Crippen LogP contribution in [0.25, 0.3) is 28.5 Å². The fraction of sp³-hybridized carbons (Fsp3) is 0.333. The van der Waals surface area contributed by atoms with E-state index in [0.717, 1.165) is 0 Å². The molecule has 11 nitrogen and oxygen atoms in total. The number of fused-ring (bicyclic) bond motifs is 1. The van der Waals surface area contributed by atoms with Crippen LogP contribution in [0.5, 0.6) is 11.6 Å². The Balaban J connectivity index is 1.75. The lowest BCUT2D eigenvalue weighted by molar-refractivity contribution is 0.122. The predicted octanol–water partition coefficient (Wildman–Crippen LogP) is 2.46. The highest BCUT2D eigenvalue weighted by Gasteiger charge is 2.26. The Labute approximate surface area is 192 Å². The summed E-state index contributed by atoms with van der Waals surface area (Å²) in [5.41, 5.74) is 0.950. The number of anilines is 1. The van der Waals surface area contributed by atoms with Crippen molar-refractivity contribution in [2.45, 2.75) is 6.43 Å². The van der Waals surface area contributed by atoms with Crippen molar-refractivity contribution in [2.24, 2.45) is 0 Å². The van der Waals surface area contributed by atoms with Gasteiger partial charge in [-0.1, -0.05) is 6.07 Å². The number of imidazole rings is 1. The van der Waals surface area contributed by atoms with E-state index in [0.29, 0.717) is 49.2 Å². The molecule has 0 amide bonds. The number of methoxy groups -OCH3 is 2. The number of benzene rings is 1. The van der Waals surface area contributed by atoms with E-state index in [1.165, 1.54) is 31.2 Å². The topological polar surface area (TPSA) is 113 Å². The van der Waals surface area contributed by atoms with Gasteiger partial charge in [0.15, 0.2) is 11.6 Å². The van der Waals surface area contributed by atoms with Crippen LogP contribution in [0.15, 0.2) is 30.6 Å². The van der Waals surface area contributed by atoms with Crippen LogP contribution in [0.3, 0.4) is 0 Å². The number of halogens is 2. The van der Waals surface area contributed by atoms with E-state index in [4.69, 9.17) is 14.2 Å². The first-order chi connectivity index (χ1) is 16.6. The molecule has 0 radical (unpaired) electrons. The van der Waals surface area contributed by atoms with E-state index < -0.39 is 12.2 Å². The SMILES string of the molecule is COc1cncc(-c2nc(N3CCOCC3)nc(-n3c(C(F)F)nc4c(OC)cccc43)n2)n1. The Morgan fingerprint density at radius 2 is 1.74 bits per heavy atom. The molecule has 176 valence electrons. The molecule has 1 saturated heterocycles. The molecule has 3 aromatic heterocycles. The number of ether oxygens (including phenoxy) is 3. The van der Waals surface area contributed by atoms with Crippen molar-refractivity contribution >= 4 is 17.0 Å². The van der Waals surface area contributed by atoms with Crippen molar-refractivity contribution in [2.75, 3.05) is 45.4 Å². The van der Waals surface area contributed by atoms with E-state index in [1.807, 2.05) is 4.90 Å². The largest absolute Gasteiger partial charge is 0.494 e. The number of hydrogen-bond acceptors (Lipinski definition) is 10. The molecule has 0 spiro atoms. The number of hydrogen-bond donors (Lipinski definition) is 0. The van der Waals surface area contributed by atoms with Gasteiger partial charge in [0.1, 0.15) is 17.0 Å². The first kappa shape index (κ1) is 21.8. The van der Waals surface area contributed by atoms with Crippen LogP contribution < -0.4 is 14.4 Å². The second kappa shape index (κ2) is 9.09. The first-order valence-corrected chi connectivity index (χ1v) is 10.4. The molecule has 0 atom stereocenters. The third-order valence-electron chi connectivity index (χ3n) is 5.25. The first-order valence-electron chi connectivity index (χ1n) is 10.4. The third kappa shape index (κ3) is 3.94. The normalized spacial score (nSPS) is 14.1. The van der Waals surface area contributed by atoms with E-state index in [1.54, 1.807) is 18.2 Å². The average Bonchev–Trinajstić information content (AvgIpc) is 3.29. The molecule has 0 unspecified atom stereocenters. The van der Waals surface area contributed by atoms with Gasteiger partial charge in [0.05, 0.1) is 45.3 Å². The van der Waals surface area contributed by atoms with Gasteiger partial charge in [-0.3, -0.25) is 9.55 Å². The second-order valence-electron chi connectivity index (χ2n) is 7.24. The molecule has 0 saturated carbocycles. The lowest BCUT2D eigenvalue weighted by Gasteiger charge is -2.27. The highest BCUT2D eigenvalue weighted by atomic mass is 19.3. The highest BCUT2D eigenvalue weighted by molar-refractivity contribution is 5.84. The minimum Gasteiger partial charge on any atom is -0.494 e. The van der Waals surface area contributed by atoms with Crippen LogP contribution >= 0.6 is 0 Å². The molecule has 4 aromatic rings. The summed E-state index contributed by atoms with van der Waals surface area (Å²) in [6, 6.07) is 4.99. The molecule has 13 heteroatoms. The number of rotatable bonds is 6. The van der Waals surface area contributed by atoms with Gasteiger partial charge in [0.25, 0.3) is 6.43 Å². The van der Waals surface area contributed by atoms with Crippen LogP contribution in [-0.2, 0) is 4.74 Å². The fourth-order valence-electron chi connectivity index (χ4n) is 3.64. The summed E-state index contributed by atoms with van der Waals surface area (Å²) in [5, 5.41) is 0. The maximum absolute atomic E-state index is 14.1. The Bertz CT molecular complexity index is 1330. The second-order valence-corrected chi connectivity index (χ2v) is 7.24. The Morgan fingerprint density at radius 1 is 0.941 bits per heavy atom. The van der Waals surface area contributed by atoms with Crippen LogP contribution in [0.2, 0.25) is 0 Å². The summed E-state index contributed by atoms with van der Waals surface area (Å²) < 4.78 is 45.3. The van der Waals surface area contributed by atoms with E-state index >= 15 is 0 Å². The Hall–Kier alpha value is -4.00. The molecule has 5 rings (SSSR count). The summed E-state index contributed by atoms with van der Waals surface area (Å²) >= 11 is 0. The Kier molecular flexibility index (Phi) is 5.84. The van der Waals surface area contributed by atoms with Gasteiger partial charge < -0.3 is 19.1 Å². The third-order valence-corrected chi connectivity index (χ3v) is 5.25.